The Labute approximate surface area is 206 Å². The van der Waals surface area contributed by atoms with Crippen LogP contribution in [0.5, 0.6) is 0 Å². The molecular weight excluding hydrogens is 450 g/mol. The van der Waals surface area contributed by atoms with Crippen LogP contribution in [0.25, 0.3) is 0 Å². The van der Waals surface area contributed by atoms with Crippen molar-refractivity contribution in [1.29, 1.82) is 0 Å². The van der Waals surface area contributed by atoms with E-state index in [9.17, 15) is 14.4 Å². The molecule has 2 N–H and O–H groups in total. The van der Waals surface area contributed by atoms with Crippen molar-refractivity contribution in [2.45, 2.75) is 95.4 Å². The summed E-state index contributed by atoms with van der Waals surface area (Å²) in [5.41, 5.74) is 0.611. The van der Waals surface area contributed by atoms with Gasteiger partial charge in [0.1, 0.15) is 12.2 Å². The maximum Gasteiger partial charge on any atom is 0.410 e. The summed E-state index contributed by atoms with van der Waals surface area (Å²) in [6, 6.07) is 1.57. The number of nitrogens with zero attached hydrogens (tertiary/aromatic N) is 1. The van der Waals surface area contributed by atoms with Gasteiger partial charge in [-0.05, 0) is 83.8 Å². The number of ether oxygens (including phenoxy) is 3. The van der Waals surface area contributed by atoms with E-state index < -0.39 is 17.2 Å². The van der Waals surface area contributed by atoms with Crippen molar-refractivity contribution in [3.8, 4) is 0 Å². The third-order valence-corrected chi connectivity index (χ3v) is 7.43. The van der Waals surface area contributed by atoms with Crippen molar-refractivity contribution in [2.75, 3.05) is 26.4 Å². The highest BCUT2D eigenvalue weighted by Gasteiger charge is 2.50. The van der Waals surface area contributed by atoms with Crippen LogP contribution in [0.4, 0.5) is 4.79 Å². The number of carbonyl (C=O) groups is 2. The van der Waals surface area contributed by atoms with Gasteiger partial charge in [-0.15, -0.1) is 0 Å². The van der Waals surface area contributed by atoms with Gasteiger partial charge in [0, 0.05) is 18.3 Å². The van der Waals surface area contributed by atoms with Crippen LogP contribution in [0.3, 0.4) is 0 Å². The van der Waals surface area contributed by atoms with Crippen LogP contribution < -0.4 is 10.9 Å². The van der Waals surface area contributed by atoms with Crippen LogP contribution in [-0.2, 0) is 19.0 Å². The zero-order valence-electron chi connectivity index (χ0n) is 21.4. The molecule has 9 nitrogen and oxygen atoms in total. The van der Waals surface area contributed by atoms with Crippen molar-refractivity contribution in [1.82, 2.24) is 15.2 Å². The maximum atomic E-state index is 13.1. The molecule has 0 radical (unpaired) electrons. The summed E-state index contributed by atoms with van der Waals surface area (Å²) in [5.74, 6) is 0.0568. The van der Waals surface area contributed by atoms with E-state index in [4.69, 9.17) is 14.2 Å². The van der Waals surface area contributed by atoms with E-state index in [1.54, 1.807) is 11.1 Å². The summed E-state index contributed by atoms with van der Waals surface area (Å²) < 4.78 is 17.7. The summed E-state index contributed by atoms with van der Waals surface area (Å²) in [6.45, 7) is 8.74. The lowest BCUT2D eigenvalue weighted by atomic mass is 9.80. The van der Waals surface area contributed by atoms with Crippen LogP contribution >= 0.6 is 0 Å². The Morgan fingerprint density at radius 2 is 1.97 bits per heavy atom. The molecule has 0 aromatic carbocycles. The minimum atomic E-state index is -0.684. The number of aryl methyl sites for hydroxylation is 1. The molecule has 2 saturated heterocycles. The second-order valence-electron chi connectivity index (χ2n) is 11.2. The smallest absolute Gasteiger partial charge is 0.410 e. The Morgan fingerprint density at radius 3 is 2.63 bits per heavy atom. The molecule has 1 aromatic rings. The van der Waals surface area contributed by atoms with E-state index >= 15 is 0 Å². The lowest BCUT2D eigenvalue weighted by molar-refractivity contribution is -0.144. The van der Waals surface area contributed by atoms with Gasteiger partial charge >= 0.3 is 6.09 Å². The number of piperidine rings is 1. The van der Waals surface area contributed by atoms with E-state index in [1.165, 1.54) is 0 Å². The van der Waals surface area contributed by atoms with E-state index in [2.05, 4.69) is 10.3 Å². The molecule has 0 bridgehead atoms. The van der Waals surface area contributed by atoms with Gasteiger partial charge in [0.25, 0.3) is 5.56 Å². The fourth-order valence-electron chi connectivity index (χ4n) is 5.81. The van der Waals surface area contributed by atoms with Gasteiger partial charge in [0.2, 0.25) is 5.91 Å². The lowest BCUT2D eigenvalue weighted by Crippen LogP contribution is -2.72. The van der Waals surface area contributed by atoms with Gasteiger partial charge in [0.15, 0.2) is 0 Å². The number of H-pyrrole nitrogens is 1. The van der Waals surface area contributed by atoms with Gasteiger partial charge in [0.05, 0.1) is 30.9 Å². The fraction of sp³-hybridized carbons (Fsp3) is 0.731. The summed E-state index contributed by atoms with van der Waals surface area (Å²) >= 11 is 0. The summed E-state index contributed by atoms with van der Waals surface area (Å²) in [6.07, 6.45) is 6.24. The molecule has 1 spiro atoms. The zero-order valence-corrected chi connectivity index (χ0v) is 21.4. The SMILES string of the molecule is Cc1cc[nH]c(=O)c1C1CCC(OCC2N(C(=O)OC(C)(C)C)CCCC23COCC(=O)N3)CC1. The highest BCUT2D eigenvalue weighted by atomic mass is 16.6. The number of rotatable bonds is 4. The molecule has 9 heteroatoms. The van der Waals surface area contributed by atoms with E-state index in [0.29, 0.717) is 19.8 Å². The van der Waals surface area contributed by atoms with Crippen molar-refractivity contribution in [3.63, 3.8) is 0 Å². The lowest BCUT2D eigenvalue weighted by Gasteiger charge is -2.51. The van der Waals surface area contributed by atoms with Crippen LogP contribution in [0, 0.1) is 6.92 Å². The molecule has 3 aliphatic rings. The van der Waals surface area contributed by atoms with Crippen LogP contribution in [-0.4, -0.2) is 71.5 Å². The predicted octanol–water partition coefficient (Wildman–Crippen LogP) is 3.01. The molecule has 2 amide bonds. The standard InChI is InChI=1S/C26H39N3O6/c1-17-10-12-27-23(31)22(17)18-6-8-19(9-7-18)34-14-20-26(16-33-15-21(30)28-26)11-5-13-29(20)24(32)35-25(2,3)4/h10,12,18-20H,5-9,11,13-16H2,1-4H3,(H,27,31)(H,28,30). The maximum absolute atomic E-state index is 13.1. The number of pyridine rings is 1. The minimum absolute atomic E-state index is 0.000409. The van der Waals surface area contributed by atoms with Crippen LogP contribution in [0.15, 0.2) is 17.1 Å². The molecule has 1 aliphatic carbocycles. The van der Waals surface area contributed by atoms with Gasteiger partial charge in [-0.3, -0.25) is 9.59 Å². The van der Waals surface area contributed by atoms with E-state index in [-0.39, 0.29) is 36.1 Å². The molecule has 2 aliphatic heterocycles. The monoisotopic (exact) mass is 489 g/mol. The van der Waals surface area contributed by atoms with Gasteiger partial charge in [-0.25, -0.2) is 4.79 Å². The number of amides is 2. The van der Waals surface area contributed by atoms with Crippen molar-refractivity contribution in [2.24, 2.45) is 0 Å². The average Bonchev–Trinajstić information content (AvgIpc) is 2.78. The van der Waals surface area contributed by atoms with Gasteiger partial charge in [-0.1, -0.05) is 0 Å². The van der Waals surface area contributed by atoms with Gasteiger partial charge < -0.3 is 29.4 Å². The first-order chi connectivity index (χ1) is 16.6. The Kier molecular flexibility index (Phi) is 7.57. The highest BCUT2D eigenvalue weighted by molar-refractivity contribution is 5.79. The Bertz CT molecular complexity index is 974. The first kappa shape index (κ1) is 25.7. The third-order valence-electron chi connectivity index (χ3n) is 7.43. The van der Waals surface area contributed by atoms with Gasteiger partial charge in [-0.2, -0.15) is 0 Å². The van der Waals surface area contributed by atoms with E-state index in [1.807, 2.05) is 33.8 Å². The average molecular weight is 490 g/mol. The molecule has 194 valence electrons. The normalized spacial score (nSPS) is 29.7. The molecule has 35 heavy (non-hydrogen) atoms. The molecule has 3 heterocycles. The van der Waals surface area contributed by atoms with Crippen LogP contribution in [0.1, 0.15) is 76.3 Å². The van der Waals surface area contributed by atoms with Crippen LogP contribution in [0.2, 0.25) is 0 Å². The highest BCUT2D eigenvalue weighted by Crippen LogP contribution is 2.36. The topological polar surface area (TPSA) is 110 Å². The zero-order chi connectivity index (χ0) is 25.2. The van der Waals surface area contributed by atoms with Crippen molar-refractivity contribution < 1.29 is 23.8 Å². The minimum Gasteiger partial charge on any atom is -0.444 e. The molecular formula is C26H39N3O6. The Morgan fingerprint density at radius 1 is 1.23 bits per heavy atom. The third kappa shape index (κ3) is 5.89. The number of nitrogens with one attached hydrogen (secondary N) is 2. The number of morpholine rings is 1. The van der Waals surface area contributed by atoms with Crippen molar-refractivity contribution in [3.05, 3.63) is 33.7 Å². The number of hydrogen-bond acceptors (Lipinski definition) is 6. The summed E-state index contributed by atoms with van der Waals surface area (Å²) in [5, 5.41) is 3.13. The number of aromatic nitrogens is 1. The molecule has 2 unspecified atom stereocenters. The summed E-state index contributed by atoms with van der Waals surface area (Å²) in [4.78, 5) is 42.3. The molecule has 1 saturated carbocycles. The Hall–Kier alpha value is -2.39. The predicted molar refractivity (Wildman–Crippen MR) is 130 cm³/mol. The number of carbonyl (C=O) groups excluding carboxylic acids is 2. The fourth-order valence-corrected chi connectivity index (χ4v) is 5.81. The number of hydrogen-bond donors (Lipinski definition) is 2. The first-order valence-electron chi connectivity index (χ1n) is 12.8. The van der Waals surface area contributed by atoms with E-state index in [0.717, 1.165) is 49.7 Å². The molecule has 3 fully saturated rings. The van der Waals surface area contributed by atoms with Crippen molar-refractivity contribution >= 4 is 12.0 Å². The molecule has 4 rings (SSSR count). The molecule has 2 atom stereocenters. The first-order valence-corrected chi connectivity index (χ1v) is 12.8. The largest absolute Gasteiger partial charge is 0.444 e. The number of aromatic amines is 1. The number of likely N-dealkylation sites (tertiary alicyclic amines) is 1. The Balaban J connectivity index is 1.44. The second kappa shape index (κ2) is 10.3. The second-order valence-corrected chi connectivity index (χ2v) is 11.2. The quantitative estimate of drug-likeness (QED) is 0.673. The molecule has 1 aromatic heterocycles. The summed E-state index contributed by atoms with van der Waals surface area (Å²) in [7, 11) is 0.